The summed E-state index contributed by atoms with van der Waals surface area (Å²) >= 11 is 1.67. The van der Waals surface area contributed by atoms with Crippen molar-refractivity contribution in [1.29, 1.82) is 0 Å². The van der Waals surface area contributed by atoms with E-state index in [1.807, 2.05) is 0 Å². The monoisotopic (exact) mass is 254 g/mol. The van der Waals surface area contributed by atoms with Gasteiger partial charge in [0.1, 0.15) is 11.9 Å². The first kappa shape index (κ1) is 12.5. The molecule has 4 heteroatoms. The molecule has 0 aliphatic carbocycles. The van der Waals surface area contributed by atoms with Crippen LogP contribution in [-0.4, -0.2) is 16.6 Å². The van der Waals surface area contributed by atoms with E-state index in [0.717, 1.165) is 12.2 Å². The molecule has 1 aromatic heterocycles. The van der Waals surface area contributed by atoms with Gasteiger partial charge in [-0.2, -0.15) is 11.8 Å². The number of fused-ring (bicyclic) bond motifs is 1. The van der Waals surface area contributed by atoms with Gasteiger partial charge in [0, 0.05) is 11.1 Å². The van der Waals surface area contributed by atoms with E-state index in [1.165, 1.54) is 6.07 Å². The van der Waals surface area contributed by atoms with Gasteiger partial charge < -0.3 is 9.52 Å². The molecule has 2 nitrogen and oxygen atoms in total. The van der Waals surface area contributed by atoms with E-state index < -0.39 is 6.10 Å². The lowest BCUT2D eigenvalue weighted by atomic mass is 10.2. The van der Waals surface area contributed by atoms with Crippen LogP contribution in [0.5, 0.6) is 0 Å². The molecule has 0 amide bonds. The lowest BCUT2D eigenvalue weighted by Gasteiger charge is -2.05. The Balaban J connectivity index is 2.16. The van der Waals surface area contributed by atoms with Gasteiger partial charge in [0.25, 0.3) is 0 Å². The number of aliphatic hydroxyl groups is 1. The molecule has 1 atom stereocenters. The molecule has 1 aromatic carbocycles. The normalized spacial score (nSPS) is 13.1. The third-order valence-corrected chi connectivity index (χ3v) is 3.72. The molecule has 0 fully saturated rings. The summed E-state index contributed by atoms with van der Waals surface area (Å²) in [5, 5.41) is 10.6. The Morgan fingerprint density at radius 1 is 1.47 bits per heavy atom. The minimum absolute atomic E-state index is 0.224. The molecule has 1 heterocycles. The molecule has 0 radical (unpaired) electrons. The summed E-state index contributed by atoms with van der Waals surface area (Å²) in [5.41, 5.74) is 0.224. The van der Waals surface area contributed by atoms with Crippen LogP contribution in [0.4, 0.5) is 4.39 Å². The van der Waals surface area contributed by atoms with Crippen molar-refractivity contribution >= 4 is 22.7 Å². The number of hydrogen-bond acceptors (Lipinski definition) is 3. The molecule has 1 unspecified atom stereocenters. The van der Waals surface area contributed by atoms with Crippen LogP contribution in [0.2, 0.25) is 0 Å². The number of halogens is 1. The summed E-state index contributed by atoms with van der Waals surface area (Å²) in [6, 6.07) is 6.47. The van der Waals surface area contributed by atoms with Crippen molar-refractivity contribution in [3.8, 4) is 0 Å². The van der Waals surface area contributed by atoms with Crippen molar-refractivity contribution in [2.24, 2.45) is 0 Å². The zero-order valence-corrected chi connectivity index (χ0v) is 10.5. The van der Waals surface area contributed by atoms with Crippen LogP contribution in [0.25, 0.3) is 11.0 Å². The van der Waals surface area contributed by atoms with Gasteiger partial charge in [-0.3, -0.25) is 0 Å². The number of hydrogen-bond donors (Lipinski definition) is 1. The molecule has 0 spiro atoms. The minimum atomic E-state index is -0.668. The maximum atomic E-state index is 13.4. The highest BCUT2D eigenvalue weighted by molar-refractivity contribution is 7.99. The molecule has 17 heavy (non-hydrogen) atoms. The Labute approximate surface area is 104 Å². The molecule has 0 saturated carbocycles. The molecule has 1 N–H and O–H groups in total. The standard InChI is InChI=1S/C13H15FO2S/c1-2-6-17-8-11(15)12-7-9-4-3-5-10(14)13(9)16-12/h3-5,7,11,15H,2,6,8H2,1H3. The fourth-order valence-electron chi connectivity index (χ4n) is 1.63. The van der Waals surface area contributed by atoms with Gasteiger partial charge >= 0.3 is 0 Å². The topological polar surface area (TPSA) is 33.4 Å². The zero-order chi connectivity index (χ0) is 12.3. The van der Waals surface area contributed by atoms with Gasteiger partial charge in [-0.15, -0.1) is 0 Å². The molecular weight excluding hydrogens is 239 g/mol. The van der Waals surface area contributed by atoms with E-state index in [4.69, 9.17) is 4.42 Å². The third-order valence-electron chi connectivity index (χ3n) is 2.47. The summed E-state index contributed by atoms with van der Waals surface area (Å²) in [6.45, 7) is 2.09. The first-order valence-electron chi connectivity index (χ1n) is 5.66. The van der Waals surface area contributed by atoms with Crippen molar-refractivity contribution in [2.45, 2.75) is 19.4 Å². The number of furan rings is 1. The Morgan fingerprint density at radius 2 is 2.29 bits per heavy atom. The Morgan fingerprint density at radius 3 is 3.00 bits per heavy atom. The van der Waals surface area contributed by atoms with E-state index in [9.17, 15) is 9.50 Å². The van der Waals surface area contributed by atoms with E-state index >= 15 is 0 Å². The number of aliphatic hydroxyl groups excluding tert-OH is 1. The summed E-state index contributed by atoms with van der Waals surface area (Å²) in [5.74, 6) is 1.64. The third kappa shape index (κ3) is 2.82. The lowest BCUT2D eigenvalue weighted by molar-refractivity contribution is 0.176. The first-order chi connectivity index (χ1) is 8.22. The van der Waals surface area contributed by atoms with Crippen molar-refractivity contribution < 1.29 is 13.9 Å². The molecule has 0 saturated heterocycles. The van der Waals surface area contributed by atoms with Gasteiger partial charge in [-0.05, 0) is 24.3 Å². The number of para-hydroxylation sites is 1. The fourth-order valence-corrected chi connectivity index (χ4v) is 2.48. The van der Waals surface area contributed by atoms with E-state index in [-0.39, 0.29) is 11.4 Å². The number of benzene rings is 1. The molecule has 2 aromatic rings. The van der Waals surface area contributed by atoms with Crippen LogP contribution in [0, 0.1) is 5.82 Å². The molecule has 2 rings (SSSR count). The van der Waals surface area contributed by atoms with Gasteiger partial charge in [-0.1, -0.05) is 19.1 Å². The van der Waals surface area contributed by atoms with Gasteiger partial charge in [0.2, 0.25) is 0 Å². The SMILES string of the molecule is CCCSCC(O)c1cc2cccc(F)c2o1. The quantitative estimate of drug-likeness (QED) is 0.825. The Kier molecular flexibility index (Phi) is 4.07. The van der Waals surface area contributed by atoms with Crippen LogP contribution < -0.4 is 0 Å². The smallest absolute Gasteiger partial charge is 0.170 e. The summed E-state index contributed by atoms with van der Waals surface area (Å²) in [4.78, 5) is 0. The molecule has 92 valence electrons. The van der Waals surface area contributed by atoms with Crippen LogP contribution in [0.3, 0.4) is 0 Å². The summed E-state index contributed by atoms with van der Waals surface area (Å²) < 4.78 is 18.7. The first-order valence-corrected chi connectivity index (χ1v) is 6.81. The molecule has 0 bridgehead atoms. The van der Waals surface area contributed by atoms with Gasteiger partial charge in [-0.25, -0.2) is 4.39 Å². The van der Waals surface area contributed by atoms with Crippen LogP contribution in [0.15, 0.2) is 28.7 Å². The van der Waals surface area contributed by atoms with Crippen molar-refractivity contribution in [3.05, 3.63) is 35.8 Å². The fraction of sp³-hybridized carbons (Fsp3) is 0.385. The number of thioether (sulfide) groups is 1. The van der Waals surface area contributed by atoms with Gasteiger partial charge in [0.15, 0.2) is 11.4 Å². The van der Waals surface area contributed by atoms with Crippen LogP contribution in [-0.2, 0) is 0 Å². The molecule has 0 aliphatic rings. The predicted molar refractivity (Wildman–Crippen MR) is 68.7 cm³/mol. The average molecular weight is 254 g/mol. The molecular formula is C13H15FO2S. The summed E-state index contributed by atoms with van der Waals surface area (Å²) in [6.07, 6.45) is 0.407. The molecule has 0 aliphatic heterocycles. The summed E-state index contributed by atoms with van der Waals surface area (Å²) in [7, 11) is 0. The van der Waals surface area contributed by atoms with Gasteiger partial charge in [0.05, 0.1) is 0 Å². The van der Waals surface area contributed by atoms with Crippen molar-refractivity contribution in [1.82, 2.24) is 0 Å². The van der Waals surface area contributed by atoms with E-state index in [0.29, 0.717) is 16.9 Å². The van der Waals surface area contributed by atoms with Crippen molar-refractivity contribution in [2.75, 3.05) is 11.5 Å². The average Bonchev–Trinajstić information content (AvgIpc) is 2.75. The number of rotatable bonds is 5. The zero-order valence-electron chi connectivity index (χ0n) is 9.65. The second kappa shape index (κ2) is 5.56. The maximum Gasteiger partial charge on any atom is 0.170 e. The highest BCUT2D eigenvalue weighted by Crippen LogP contribution is 2.27. The lowest BCUT2D eigenvalue weighted by Crippen LogP contribution is -1.99. The Hall–Kier alpha value is -1.00. The Bertz CT molecular complexity index is 495. The van der Waals surface area contributed by atoms with Crippen molar-refractivity contribution in [3.63, 3.8) is 0 Å². The maximum absolute atomic E-state index is 13.4. The predicted octanol–water partition coefficient (Wildman–Crippen LogP) is 3.75. The van der Waals surface area contributed by atoms with Crippen LogP contribution in [0.1, 0.15) is 25.2 Å². The minimum Gasteiger partial charge on any atom is -0.455 e. The highest BCUT2D eigenvalue weighted by Gasteiger charge is 2.14. The van der Waals surface area contributed by atoms with E-state index in [2.05, 4.69) is 6.92 Å². The largest absolute Gasteiger partial charge is 0.455 e. The van der Waals surface area contributed by atoms with Crippen LogP contribution >= 0.6 is 11.8 Å². The second-order valence-electron chi connectivity index (χ2n) is 3.90. The van der Waals surface area contributed by atoms with E-state index in [1.54, 1.807) is 30.0 Å². The highest BCUT2D eigenvalue weighted by atomic mass is 32.2. The second-order valence-corrected chi connectivity index (χ2v) is 5.05.